The molecule has 0 aliphatic rings. The molecule has 0 fully saturated rings. The highest BCUT2D eigenvalue weighted by atomic mass is 19.1. The molecule has 4 nitrogen and oxygen atoms in total. The van der Waals surface area contributed by atoms with E-state index in [-0.39, 0.29) is 12.6 Å². The zero-order valence-corrected chi connectivity index (χ0v) is 11.2. The van der Waals surface area contributed by atoms with Crippen LogP contribution in [0, 0.1) is 11.6 Å². The first-order chi connectivity index (χ1) is 9.63. The largest absolute Gasteiger partial charge is 0.394 e. The summed E-state index contributed by atoms with van der Waals surface area (Å²) >= 11 is 0. The number of halogens is 2. The first kappa shape index (κ1) is 14.5. The Morgan fingerprint density at radius 3 is 2.90 bits per heavy atom. The SMILES string of the molecule is CCC(Nc1cnn(CCO)c1)c1cc(F)ccc1F. The van der Waals surface area contributed by atoms with Crippen LogP contribution in [0.2, 0.25) is 0 Å². The summed E-state index contributed by atoms with van der Waals surface area (Å²) in [4.78, 5) is 0. The number of anilines is 1. The van der Waals surface area contributed by atoms with Crippen LogP contribution in [-0.4, -0.2) is 21.5 Å². The molecule has 0 aliphatic carbocycles. The molecule has 0 saturated heterocycles. The van der Waals surface area contributed by atoms with E-state index in [1.54, 1.807) is 17.1 Å². The van der Waals surface area contributed by atoms with Gasteiger partial charge in [-0.25, -0.2) is 8.78 Å². The lowest BCUT2D eigenvalue weighted by molar-refractivity contribution is 0.269. The normalized spacial score (nSPS) is 12.4. The van der Waals surface area contributed by atoms with Gasteiger partial charge in [-0.15, -0.1) is 0 Å². The lowest BCUT2D eigenvalue weighted by Crippen LogP contribution is -2.11. The molecule has 108 valence electrons. The van der Waals surface area contributed by atoms with Gasteiger partial charge in [0.2, 0.25) is 0 Å². The smallest absolute Gasteiger partial charge is 0.128 e. The molecule has 6 heteroatoms. The molecule has 1 heterocycles. The Morgan fingerprint density at radius 1 is 1.40 bits per heavy atom. The van der Waals surface area contributed by atoms with Gasteiger partial charge in [-0.2, -0.15) is 5.10 Å². The van der Waals surface area contributed by atoms with Gasteiger partial charge in [0.1, 0.15) is 11.6 Å². The fourth-order valence-electron chi connectivity index (χ4n) is 2.05. The maximum absolute atomic E-state index is 13.8. The van der Waals surface area contributed by atoms with Crippen LogP contribution >= 0.6 is 0 Å². The number of hydrogen-bond donors (Lipinski definition) is 2. The molecule has 0 bridgehead atoms. The number of hydrogen-bond acceptors (Lipinski definition) is 3. The van der Waals surface area contributed by atoms with Gasteiger partial charge in [0, 0.05) is 11.8 Å². The van der Waals surface area contributed by atoms with Crippen molar-refractivity contribution in [3.8, 4) is 0 Å². The molecule has 0 amide bonds. The number of rotatable bonds is 6. The van der Waals surface area contributed by atoms with Gasteiger partial charge < -0.3 is 10.4 Å². The molecule has 0 saturated carbocycles. The molecule has 0 radical (unpaired) electrons. The quantitative estimate of drug-likeness (QED) is 0.856. The van der Waals surface area contributed by atoms with Crippen molar-refractivity contribution in [2.75, 3.05) is 11.9 Å². The number of nitrogens with zero attached hydrogens (tertiary/aromatic N) is 2. The fourth-order valence-corrected chi connectivity index (χ4v) is 2.05. The van der Waals surface area contributed by atoms with Crippen LogP contribution in [0.3, 0.4) is 0 Å². The highest BCUT2D eigenvalue weighted by molar-refractivity contribution is 5.42. The Labute approximate surface area is 116 Å². The van der Waals surface area contributed by atoms with Crippen LogP contribution in [0.1, 0.15) is 24.9 Å². The Kier molecular flexibility index (Phi) is 4.68. The molecule has 2 rings (SSSR count). The van der Waals surface area contributed by atoms with Crippen molar-refractivity contribution in [2.45, 2.75) is 25.9 Å². The summed E-state index contributed by atoms with van der Waals surface area (Å²) in [6, 6.07) is 3.10. The first-order valence-corrected chi connectivity index (χ1v) is 6.48. The van der Waals surface area contributed by atoms with Gasteiger partial charge in [0.15, 0.2) is 0 Å². The molecule has 2 aromatic rings. The minimum atomic E-state index is -0.461. The molecule has 1 atom stereocenters. The van der Waals surface area contributed by atoms with Crippen molar-refractivity contribution >= 4 is 5.69 Å². The highest BCUT2D eigenvalue weighted by Crippen LogP contribution is 2.25. The lowest BCUT2D eigenvalue weighted by atomic mass is 10.0. The van der Waals surface area contributed by atoms with E-state index in [0.29, 0.717) is 24.2 Å². The van der Waals surface area contributed by atoms with Crippen LogP contribution in [0.5, 0.6) is 0 Å². The third-order valence-corrected chi connectivity index (χ3v) is 3.04. The van der Waals surface area contributed by atoms with Crippen molar-refractivity contribution in [3.63, 3.8) is 0 Å². The number of aliphatic hydroxyl groups excluding tert-OH is 1. The maximum atomic E-state index is 13.8. The minimum Gasteiger partial charge on any atom is -0.394 e. The van der Waals surface area contributed by atoms with E-state index >= 15 is 0 Å². The molecular weight excluding hydrogens is 264 g/mol. The van der Waals surface area contributed by atoms with Crippen molar-refractivity contribution in [1.82, 2.24) is 9.78 Å². The van der Waals surface area contributed by atoms with E-state index in [4.69, 9.17) is 5.11 Å². The van der Waals surface area contributed by atoms with Crippen LogP contribution in [-0.2, 0) is 6.54 Å². The van der Waals surface area contributed by atoms with Crippen molar-refractivity contribution < 1.29 is 13.9 Å². The zero-order valence-electron chi connectivity index (χ0n) is 11.2. The van der Waals surface area contributed by atoms with Gasteiger partial charge in [-0.05, 0) is 24.6 Å². The molecule has 1 unspecified atom stereocenters. The topological polar surface area (TPSA) is 50.1 Å². The van der Waals surface area contributed by atoms with Gasteiger partial charge in [-0.1, -0.05) is 6.92 Å². The summed E-state index contributed by atoms with van der Waals surface area (Å²) in [5.74, 6) is -0.897. The van der Waals surface area contributed by atoms with Crippen molar-refractivity contribution in [3.05, 3.63) is 47.8 Å². The molecular formula is C14H17F2N3O. The second-order valence-electron chi connectivity index (χ2n) is 4.49. The fraction of sp³-hybridized carbons (Fsp3) is 0.357. The predicted octanol–water partition coefficient (Wildman–Crippen LogP) is 2.72. The Hall–Kier alpha value is -1.95. The van der Waals surface area contributed by atoms with Crippen LogP contribution in [0.15, 0.2) is 30.6 Å². The van der Waals surface area contributed by atoms with E-state index < -0.39 is 11.6 Å². The third-order valence-electron chi connectivity index (χ3n) is 3.04. The number of nitrogens with one attached hydrogen (secondary N) is 1. The molecule has 0 spiro atoms. The Balaban J connectivity index is 2.17. The van der Waals surface area contributed by atoms with E-state index in [0.717, 1.165) is 12.1 Å². The van der Waals surface area contributed by atoms with Gasteiger partial charge in [0.25, 0.3) is 0 Å². The molecule has 2 N–H and O–H groups in total. The average molecular weight is 281 g/mol. The molecule has 1 aromatic heterocycles. The number of benzene rings is 1. The first-order valence-electron chi connectivity index (χ1n) is 6.48. The van der Waals surface area contributed by atoms with Crippen LogP contribution in [0.25, 0.3) is 0 Å². The summed E-state index contributed by atoms with van der Waals surface area (Å²) in [6.45, 7) is 2.28. The standard InChI is InChI=1S/C14H17F2N3O/c1-2-14(12-7-10(15)3-4-13(12)16)18-11-8-17-19(9-11)5-6-20/h3-4,7-9,14,18,20H,2,5-6H2,1H3. The number of aliphatic hydroxyl groups is 1. The zero-order chi connectivity index (χ0) is 14.5. The Bertz CT molecular complexity index is 571. The van der Waals surface area contributed by atoms with Gasteiger partial charge in [0.05, 0.1) is 31.1 Å². The van der Waals surface area contributed by atoms with Crippen LogP contribution in [0.4, 0.5) is 14.5 Å². The monoisotopic (exact) mass is 281 g/mol. The summed E-state index contributed by atoms with van der Waals surface area (Å²) in [7, 11) is 0. The lowest BCUT2D eigenvalue weighted by Gasteiger charge is -2.18. The highest BCUT2D eigenvalue weighted by Gasteiger charge is 2.15. The molecule has 0 aliphatic heterocycles. The summed E-state index contributed by atoms with van der Waals surface area (Å²) in [6.07, 6.45) is 3.91. The van der Waals surface area contributed by atoms with E-state index in [1.807, 2.05) is 6.92 Å². The van der Waals surface area contributed by atoms with Crippen molar-refractivity contribution in [1.29, 1.82) is 0 Å². The summed E-state index contributed by atoms with van der Waals surface area (Å²) in [5, 5.41) is 16.0. The predicted molar refractivity (Wildman–Crippen MR) is 72.3 cm³/mol. The maximum Gasteiger partial charge on any atom is 0.128 e. The average Bonchev–Trinajstić information content (AvgIpc) is 2.87. The number of aromatic nitrogens is 2. The van der Waals surface area contributed by atoms with Crippen molar-refractivity contribution in [2.24, 2.45) is 0 Å². The molecule has 1 aromatic carbocycles. The van der Waals surface area contributed by atoms with Crippen LogP contribution < -0.4 is 5.32 Å². The van der Waals surface area contributed by atoms with E-state index in [1.165, 1.54) is 6.07 Å². The summed E-state index contributed by atoms with van der Waals surface area (Å²) in [5.41, 5.74) is 0.997. The Morgan fingerprint density at radius 2 is 2.20 bits per heavy atom. The minimum absolute atomic E-state index is 0.00312. The second kappa shape index (κ2) is 6.47. The van der Waals surface area contributed by atoms with Gasteiger partial charge in [-0.3, -0.25) is 4.68 Å². The van der Waals surface area contributed by atoms with E-state index in [9.17, 15) is 8.78 Å². The summed E-state index contributed by atoms with van der Waals surface area (Å²) < 4.78 is 28.6. The van der Waals surface area contributed by atoms with Gasteiger partial charge >= 0.3 is 0 Å². The molecule has 20 heavy (non-hydrogen) atoms. The van der Waals surface area contributed by atoms with E-state index in [2.05, 4.69) is 10.4 Å². The second-order valence-corrected chi connectivity index (χ2v) is 4.49. The third kappa shape index (κ3) is 3.33.